The molecule has 0 atom stereocenters. The van der Waals surface area contributed by atoms with Crippen LogP contribution in [0.15, 0.2) is 36.4 Å². The zero-order valence-electron chi connectivity index (χ0n) is 11.5. The van der Waals surface area contributed by atoms with E-state index in [2.05, 4.69) is 5.32 Å². The highest BCUT2D eigenvalue weighted by Gasteiger charge is 2.18. The van der Waals surface area contributed by atoms with E-state index in [9.17, 15) is 14.9 Å². The number of anilines is 1. The maximum absolute atomic E-state index is 12.3. The number of amides is 1. The van der Waals surface area contributed by atoms with Gasteiger partial charge in [-0.3, -0.25) is 14.9 Å². The fraction of sp³-hybridized carbons (Fsp3) is 0.133. The number of hydrogen-bond donors (Lipinski definition) is 1. The number of nitro benzene ring substituents is 1. The van der Waals surface area contributed by atoms with Crippen LogP contribution in [0.3, 0.4) is 0 Å². The first-order valence-electron chi connectivity index (χ1n) is 6.22. The second-order valence-electron chi connectivity index (χ2n) is 4.57. The highest BCUT2D eigenvalue weighted by Crippen LogP contribution is 2.25. The molecule has 2 aromatic rings. The molecule has 0 aliphatic rings. The van der Waals surface area contributed by atoms with Crippen LogP contribution in [0, 0.1) is 24.0 Å². The normalized spacial score (nSPS) is 10.2. The van der Waals surface area contributed by atoms with Crippen molar-refractivity contribution in [2.45, 2.75) is 13.8 Å². The fourth-order valence-corrected chi connectivity index (χ4v) is 2.17. The summed E-state index contributed by atoms with van der Waals surface area (Å²) in [6, 6.07) is 9.60. The Morgan fingerprint density at radius 3 is 2.48 bits per heavy atom. The van der Waals surface area contributed by atoms with Crippen molar-refractivity contribution in [3.8, 4) is 0 Å². The average Bonchev–Trinajstić information content (AvgIpc) is 2.43. The third kappa shape index (κ3) is 3.03. The molecule has 0 bridgehead atoms. The Morgan fingerprint density at radius 2 is 1.81 bits per heavy atom. The van der Waals surface area contributed by atoms with Gasteiger partial charge in [0, 0.05) is 27.9 Å². The van der Waals surface area contributed by atoms with E-state index in [-0.39, 0.29) is 11.3 Å². The van der Waals surface area contributed by atoms with Crippen molar-refractivity contribution in [2.24, 2.45) is 0 Å². The van der Waals surface area contributed by atoms with Gasteiger partial charge < -0.3 is 5.32 Å². The summed E-state index contributed by atoms with van der Waals surface area (Å²) in [7, 11) is 0. The largest absolute Gasteiger partial charge is 0.322 e. The van der Waals surface area contributed by atoms with Crippen molar-refractivity contribution in [3.63, 3.8) is 0 Å². The number of nitrogens with zero attached hydrogens (tertiary/aromatic N) is 1. The van der Waals surface area contributed by atoms with E-state index in [1.54, 1.807) is 38.1 Å². The van der Waals surface area contributed by atoms with Crippen molar-refractivity contribution in [2.75, 3.05) is 5.32 Å². The monoisotopic (exact) mass is 304 g/mol. The first kappa shape index (κ1) is 15.0. The number of rotatable bonds is 3. The topological polar surface area (TPSA) is 72.2 Å². The van der Waals surface area contributed by atoms with Crippen LogP contribution in [0.2, 0.25) is 5.02 Å². The van der Waals surface area contributed by atoms with Crippen molar-refractivity contribution < 1.29 is 9.72 Å². The molecule has 21 heavy (non-hydrogen) atoms. The van der Waals surface area contributed by atoms with Gasteiger partial charge in [0.25, 0.3) is 11.6 Å². The van der Waals surface area contributed by atoms with Crippen LogP contribution in [-0.4, -0.2) is 10.8 Å². The first-order chi connectivity index (χ1) is 9.91. The Kier molecular flexibility index (Phi) is 4.23. The molecule has 1 amide bonds. The molecule has 0 saturated carbocycles. The van der Waals surface area contributed by atoms with Crippen molar-refractivity contribution in [1.29, 1.82) is 0 Å². The van der Waals surface area contributed by atoms with E-state index in [0.29, 0.717) is 16.3 Å². The highest BCUT2D eigenvalue weighted by molar-refractivity contribution is 6.31. The third-order valence-electron chi connectivity index (χ3n) is 3.26. The van der Waals surface area contributed by atoms with Gasteiger partial charge in [-0.15, -0.1) is 0 Å². The van der Waals surface area contributed by atoms with Gasteiger partial charge in [0.1, 0.15) is 0 Å². The van der Waals surface area contributed by atoms with Gasteiger partial charge in [-0.05, 0) is 37.6 Å². The molecule has 2 rings (SSSR count). The molecule has 0 aromatic heterocycles. The fourth-order valence-electron chi connectivity index (χ4n) is 2.00. The highest BCUT2D eigenvalue weighted by atomic mass is 35.5. The smallest absolute Gasteiger partial charge is 0.273 e. The molecule has 0 saturated heterocycles. The molecule has 6 heteroatoms. The Labute approximate surface area is 126 Å². The van der Waals surface area contributed by atoms with Crippen LogP contribution in [0.25, 0.3) is 0 Å². The van der Waals surface area contributed by atoms with Crippen molar-refractivity contribution in [3.05, 3.63) is 68.2 Å². The number of carbonyl (C=O) groups excluding carboxylic acids is 1. The molecule has 0 spiro atoms. The van der Waals surface area contributed by atoms with Gasteiger partial charge in [0.2, 0.25) is 0 Å². The van der Waals surface area contributed by atoms with Gasteiger partial charge in [-0.25, -0.2) is 0 Å². The summed E-state index contributed by atoms with van der Waals surface area (Å²) in [4.78, 5) is 22.7. The maximum atomic E-state index is 12.3. The summed E-state index contributed by atoms with van der Waals surface area (Å²) in [6.07, 6.45) is 0. The lowest BCUT2D eigenvalue weighted by Gasteiger charge is -2.11. The van der Waals surface area contributed by atoms with E-state index in [1.807, 2.05) is 0 Å². The molecule has 108 valence electrons. The summed E-state index contributed by atoms with van der Waals surface area (Å²) in [5.74, 6) is -0.401. The van der Waals surface area contributed by atoms with E-state index in [1.165, 1.54) is 12.1 Å². The predicted octanol–water partition coefficient (Wildman–Crippen LogP) is 4.12. The van der Waals surface area contributed by atoms with Crippen LogP contribution >= 0.6 is 11.6 Å². The standard InChI is InChI=1S/C15H13ClN2O3/c1-9-11(5-3-8-14(9)18(20)21)15(19)17-13-7-4-6-12(16)10(13)2/h3-8H,1-2H3,(H,17,19). The van der Waals surface area contributed by atoms with E-state index >= 15 is 0 Å². The molecular formula is C15H13ClN2O3. The molecule has 5 nitrogen and oxygen atoms in total. The Balaban J connectivity index is 2.35. The van der Waals surface area contributed by atoms with Crippen LogP contribution in [0.5, 0.6) is 0 Å². The second-order valence-corrected chi connectivity index (χ2v) is 4.98. The second kappa shape index (κ2) is 5.93. The van der Waals surface area contributed by atoms with Crippen LogP contribution in [0.1, 0.15) is 21.5 Å². The molecule has 0 radical (unpaired) electrons. The molecule has 0 aliphatic heterocycles. The summed E-state index contributed by atoms with van der Waals surface area (Å²) >= 11 is 6.00. The number of carbonyl (C=O) groups is 1. The number of halogens is 1. The van der Waals surface area contributed by atoms with Gasteiger partial charge in [-0.1, -0.05) is 23.7 Å². The average molecular weight is 305 g/mol. The van der Waals surface area contributed by atoms with Gasteiger partial charge in [-0.2, -0.15) is 0 Å². The lowest BCUT2D eigenvalue weighted by Crippen LogP contribution is -2.14. The predicted molar refractivity (Wildman–Crippen MR) is 82.0 cm³/mol. The minimum atomic E-state index is -0.503. The van der Waals surface area contributed by atoms with E-state index in [0.717, 1.165) is 5.56 Å². The quantitative estimate of drug-likeness (QED) is 0.685. The Morgan fingerprint density at radius 1 is 1.14 bits per heavy atom. The molecule has 0 heterocycles. The SMILES string of the molecule is Cc1c(Cl)cccc1NC(=O)c1cccc([N+](=O)[O-])c1C. The molecule has 1 N–H and O–H groups in total. The maximum Gasteiger partial charge on any atom is 0.273 e. The molecule has 0 aliphatic carbocycles. The molecule has 0 fully saturated rings. The van der Waals surface area contributed by atoms with Crippen LogP contribution < -0.4 is 5.32 Å². The number of hydrogen-bond acceptors (Lipinski definition) is 3. The van der Waals surface area contributed by atoms with E-state index in [4.69, 9.17) is 11.6 Å². The van der Waals surface area contributed by atoms with Crippen molar-refractivity contribution >= 4 is 28.9 Å². The summed E-state index contributed by atoms with van der Waals surface area (Å²) in [5.41, 5.74) is 1.85. The number of benzene rings is 2. The lowest BCUT2D eigenvalue weighted by atomic mass is 10.1. The van der Waals surface area contributed by atoms with Gasteiger partial charge in [0.05, 0.1) is 4.92 Å². The number of nitrogens with one attached hydrogen (secondary N) is 1. The molecule has 2 aromatic carbocycles. The minimum Gasteiger partial charge on any atom is -0.322 e. The minimum absolute atomic E-state index is 0.0783. The zero-order valence-corrected chi connectivity index (χ0v) is 12.3. The lowest BCUT2D eigenvalue weighted by molar-refractivity contribution is -0.385. The van der Waals surface area contributed by atoms with Crippen LogP contribution in [-0.2, 0) is 0 Å². The summed E-state index contributed by atoms with van der Waals surface area (Å²) < 4.78 is 0. The van der Waals surface area contributed by atoms with Crippen LogP contribution in [0.4, 0.5) is 11.4 Å². The molecular weight excluding hydrogens is 292 g/mol. The van der Waals surface area contributed by atoms with Crippen molar-refractivity contribution in [1.82, 2.24) is 0 Å². The first-order valence-corrected chi connectivity index (χ1v) is 6.60. The molecule has 0 unspecified atom stereocenters. The Hall–Kier alpha value is -2.40. The third-order valence-corrected chi connectivity index (χ3v) is 3.67. The summed E-state index contributed by atoms with van der Waals surface area (Å²) in [6.45, 7) is 3.34. The number of nitro groups is 1. The Bertz CT molecular complexity index is 729. The van der Waals surface area contributed by atoms with Gasteiger partial charge >= 0.3 is 0 Å². The van der Waals surface area contributed by atoms with E-state index < -0.39 is 10.8 Å². The van der Waals surface area contributed by atoms with Gasteiger partial charge in [0.15, 0.2) is 0 Å². The summed E-state index contributed by atoms with van der Waals surface area (Å²) in [5, 5.41) is 14.2. The zero-order chi connectivity index (χ0) is 15.6.